The monoisotopic (exact) mass is 279 g/mol. The second-order valence-corrected chi connectivity index (χ2v) is 6.88. The molecule has 0 saturated carbocycles. The Hall–Kier alpha value is -0.620. The summed E-state index contributed by atoms with van der Waals surface area (Å²) in [4.78, 5) is 0. The lowest BCUT2D eigenvalue weighted by atomic mass is 10.1. The Labute approximate surface area is 107 Å². The molecule has 0 saturated heterocycles. The molecule has 98 valence electrons. The van der Waals surface area contributed by atoms with Gasteiger partial charge in [-0.25, -0.2) is 8.42 Å². The molecule has 0 unspecified atom stereocenters. The van der Waals surface area contributed by atoms with Crippen molar-refractivity contribution in [1.82, 2.24) is 14.8 Å². The average molecular weight is 280 g/mol. The lowest BCUT2D eigenvalue weighted by Crippen LogP contribution is -2.10. The van der Waals surface area contributed by atoms with Gasteiger partial charge in [0, 0.05) is 23.6 Å². The van der Waals surface area contributed by atoms with E-state index in [0.717, 1.165) is 19.3 Å². The van der Waals surface area contributed by atoms with Crippen molar-refractivity contribution in [2.75, 3.05) is 0 Å². The van der Waals surface area contributed by atoms with Gasteiger partial charge >= 0.3 is 0 Å². The fraction of sp³-hybridized carbons (Fsp3) is 0.800. The maximum atomic E-state index is 11.3. The molecule has 0 radical (unpaired) electrons. The molecule has 1 heterocycles. The summed E-state index contributed by atoms with van der Waals surface area (Å²) < 4.78 is 24.2. The number of aromatic nitrogens is 3. The molecule has 5 nitrogen and oxygen atoms in total. The summed E-state index contributed by atoms with van der Waals surface area (Å²) in [6.07, 6.45) is 2.48. The third-order valence-corrected chi connectivity index (χ3v) is 3.56. The van der Waals surface area contributed by atoms with E-state index in [2.05, 4.69) is 24.0 Å². The highest BCUT2D eigenvalue weighted by Crippen LogP contribution is 2.16. The van der Waals surface area contributed by atoms with Gasteiger partial charge in [0.15, 0.2) is 0 Å². The highest BCUT2D eigenvalue weighted by atomic mass is 35.7. The SMILES string of the molecule is CCCn1c(CCC(C)C)nnc1S(=O)(=O)Cl. The Kier molecular flexibility index (Phi) is 4.94. The van der Waals surface area contributed by atoms with E-state index in [9.17, 15) is 8.42 Å². The van der Waals surface area contributed by atoms with Crippen molar-refractivity contribution in [3.05, 3.63) is 5.82 Å². The molecule has 0 amide bonds. The van der Waals surface area contributed by atoms with Gasteiger partial charge < -0.3 is 4.57 Å². The number of hydrogen-bond donors (Lipinski definition) is 0. The van der Waals surface area contributed by atoms with Gasteiger partial charge in [0.2, 0.25) is 0 Å². The largest absolute Gasteiger partial charge is 0.301 e. The lowest BCUT2D eigenvalue weighted by Gasteiger charge is -2.08. The summed E-state index contributed by atoms with van der Waals surface area (Å²) >= 11 is 0. The first-order chi connectivity index (χ1) is 7.86. The van der Waals surface area contributed by atoms with Gasteiger partial charge in [-0.15, -0.1) is 10.2 Å². The Morgan fingerprint density at radius 1 is 1.35 bits per heavy atom. The van der Waals surface area contributed by atoms with Crippen LogP contribution in [0.2, 0.25) is 0 Å². The molecule has 17 heavy (non-hydrogen) atoms. The number of halogens is 1. The van der Waals surface area contributed by atoms with Crippen molar-refractivity contribution in [3.8, 4) is 0 Å². The molecule has 0 N–H and O–H groups in total. The second kappa shape index (κ2) is 5.82. The van der Waals surface area contributed by atoms with Crippen molar-refractivity contribution in [2.24, 2.45) is 5.92 Å². The van der Waals surface area contributed by atoms with Crippen molar-refractivity contribution in [1.29, 1.82) is 0 Å². The van der Waals surface area contributed by atoms with Gasteiger partial charge in [0.25, 0.3) is 14.2 Å². The van der Waals surface area contributed by atoms with Gasteiger partial charge in [-0.2, -0.15) is 0 Å². The maximum Gasteiger partial charge on any atom is 0.296 e. The van der Waals surface area contributed by atoms with Crippen molar-refractivity contribution in [3.63, 3.8) is 0 Å². The summed E-state index contributed by atoms with van der Waals surface area (Å²) in [5, 5.41) is 7.46. The van der Waals surface area contributed by atoms with E-state index in [1.165, 1.54) is 0 Å². The molecule has 0 bridgehead atoms. The quantitative estimate of drug-likeness (QED) is 0.749. The van der Waals surface area contributed by atoms with Crippen LogP contribution in [0.5, 0.6) is 0 Å². The summed E-state index contributed by atoms with van der Waals surface area (Å²) in [6.45, 7) is 6.76. The molecule has 1 aromatic rings. The van der Waals surface area contributed by atoms with Crippen LogP contribution in [0.4, 0.5) is 0 Å². The zero-order valence-corrected chi connectivity index (χ0v) is 11.9. The van der Waals surface area contributed by atoms with E-state index >= 15 is 0 Å². The van der Waals surface area contributed by atoms with Crippen LogP contribution in [0.1, 0.15) is 39.4 Å². The first kappa shape index (κ1) is 14.4. The summed E-state index contributed by atoms with van der Waals surface area (Å²) in [5.41, 5.74) is 0. The molecule has 0 spiro atoms. The van der Waals surface area contributed by atoms with E-state index in [1.54, 1.807) is 4.57 Å². The fourth-order valence-corrected chi connectivity index (χ4v) is 2.49. The highest BCUT2D eigenvalue weighted by Gasteiger charge is 2.21. The fourth-order valence-electron chi connectivity index (χ4n) is 1.55. The Bertz CT molecular complexity index is 468. The normalized spacial score (nSPS) is 12.3. The van der Waals surface area contributed by atoms with Crippen molar-refractivity contribution in [2.45, 2.75) is 51.7 Å². The van der Waals surface area contributed by atoms with Crippen LogP contribution in [-0.4, -0.2) is 23.2 Å². The zero-order valence-electron chi connectivity index (χ0n) is 10.4. The molecule has 0 fully saturated rings. The third kappa shape index (κ3) is 3.96. The lowest BCUT2D eigenvalue weighted by molar-refractivity contribution is 0.527. The van der Waals surface area contributed by atoms with E-state index in [-0.39, 0.29) is 5.16 Å². The molecule has 1 rings (SSSR count). The third-order valence-electron chi connectivity index (χ3n) is 2.40. The number of hydrogen-bond acceptors (Lipinski definition) is 4. The van der Waals surface area contributed by atoms with Crippen LogP contribution in [0.15, 0.2) is 5.16 Å². The smallest absolute Gasteiger partial charge is 0.296 e. The highest BCUT2D eigenvalue weighted by molar-refractivity contribution is 8.13. The minimum Gasteiger partial charge on any atom is -0.301 e. The predicted molar refractivity (Wildman–Crippen MR) is 66.5 cm³/mol. The summed E-state index contributed by atoms with van der Waals surface area (Å²) in [6, 6.07) is 0. The molecular weight excluding hydrogens is 262 g/mol. The summed E-state index contributed by atoms with van der Waals surface area (Å²) in [5.74, 6) is 1.23. The number of nitrogens with zero attached hydrogens (tertiary/aromatic N) is 3. The number of rotatable bonds is 6. The van der Waals surface area contributed by atoms with E-state index in [0.29, 0.717) is 18.3 Å². The standard InChI is InChI=1S/C10H18ClN3O2S/c1-4-7-14-9(6-5-8(2)3)12-13-10(14)17(11,15)16/h8H,4-7H2,1-3H3. The van der Waals surface area contributed by atoms with Crippen LogP contribution in [0, 0.1) is 5.92 Å². The van der Waals surface area contributed by atoms with Gasteiger partial charge in [0.05, 0.1) is 0 Å². The average Bonchev–Trinajstić information content (AvgIpc) is 2.58. The topological polar surface area (TPSA) is 64.8 Å². The minimum atomic E-state index is -3.81. The van der Waals surface area contributed by atoms with E-state index < -0.39 is 9.05 Å². The molecule has 0 aliphatic rings. The minimum absolute atomic E-state index is 0.139. The van der Waals surface area contributed by atoms with Gasteiger partial charge in [-0.1, -0.05) is 20.8 Å². The Morgan fingerprint density at radius 2 is 2.00 bits per heavy atom. The van der Waals surface area contributed by atoms with E-state index in [1.807, 2.05) is 6.92 Å². The predicted octanol–water partition coefficient (Wildman–Crippen LogP) is 2.20. The molecule has 7 heteroatoms. The van der Waals surface area contributed by atoms with Gasteiger partial charge in [-0.05, 0) is 18.8 Å². The Morgan fingerprint density at radius 3 is 2.47 bits per heavy atom. The molecule has 0 aliphatic carbocycles. The molecular formula is C10H18ClN3O2S. The van der Waals surface area contributed by atoms with Crippen LogP contribution in [0.25, 0.3) is 0 Å². The van der Waals surface area contributed by atoms with Gasteiger partial charge in [-0.3, -0.25) is 0 Å². The van der Waals surface area contributed by atoms with Crippen LogP contribution < -0.4 is 0 Å². The second-order valence-electron chi connectivity index (χ2n) is 4.42. The van der Waals surface area contributed by atoms with Gasteiger partial charge in [0.1, 0.15) is 5.82 Å². The molecule has 1 aromatic heterocycles. The molecule has 0 aromatic carbocycles. The first-order valence-electron chi connectivity index (χ1n) is 5.73. The zero-order chi connectivity index (χ0) is 13.1. The number of aryl methyl sites for hydroxylation is 1. The maximum absolute atomic E-state index is 11.3. The Balaban J connectivity index is 3.02. The van der Waals surface area contributed by atoms with Crippen LogP contribution in [-0.2, 0) is 22.0 Å². The van der Waals surface area contributed by atoms with Crippen LogP contribution in [0.3, 0.4) is 0 Å². The van der Waals surface area contributed by atoms with Crippen molar-refractivity contribution < 1.29 is 8.42 Å². The first-order valence-corrected chi connectivity index (χ1v) is 8.04. The molecule has 0 atom stereocenters. The van der Waals surface area contributed by atoms with E-state index in [4.69, 9.17) is 10.7 Å². The van der Waals surface area contributed by atoms with Crippen LogP contribution >= 0.6 is 10.7 Å². The summed E-state index contributed by atoms with van der Waals surface area (Å²) in [7, 11) is 1.51. The molecule has 0 aliphatic heterocycles. The van der Waals surface area contributed by atoms with Crippen molar-refractivity contribution >= 4 is 19.7 Å².